The molecule has 6 nitrogen and oxygen atoms in total. The molecule has 1 aromatic heterocycles. The first kappa shape index (κ1) is 16.4. The molecule has 7 heteroatoms. The van der Waals surface area contributed by atoms with E-state index in [-0.39, 0.29) is 18.1 Å². The molecular formula is C13H20N2O4S. The first-order valence-electron chi connectivity index (χ1n) is 6.27. The number of amides is 2. The molecule has 1 heterocycles. The van der Waals surface area contributed by atoms with Gasteiger partial charge in [0.15, 0.2) is 0 Å². The molecule has 1 atom stereocenters. The molecule has 0 saturated heterocycles. The largest absolute Gasteiger partial charge is 0.478 e. The predicted molar refractivity (Wildman–Crippen MR) is 78.2 cm³/mol. The molecule has 1 unspecified atom stereocenters. The van der Waals surface area contributed by atoms with Crippen molar-refractivity contribution in [1.82, 2.24) is 10.6 Å². The molecule has 0 fully saturated rings. The Labute approximate surface area is 122 Å². The Bertz CT molecular complexity index is 473. The van der Waals surface area contributed by atoms with Crippen LogP contribution in [0.5, 0.6) is 0 Å². The third-order valence-corrected chi connectivity index (χ3v) is 3.59. The van der Waals surface area contributed by atoms with Crippen LogP contribution in [0.2, 0.25) is 0 Å². The van der Waals surface area contributed by atoms with E-state index in [0.29, 0.717) is 24.0 Å². The van der Waals surface area contributed by atoms with E-state index in [4.69, 9.17) is 9.52 Å². The molecule has 0 spiro atoms. The molecule has 0 saturated carbocycles. The lowest BCUT2D eigenvalue weighted by molar-refractivity contribution is 0.0695. The fourth-order valence-electron chi connectivity index (χ4n) is 1.68. The van der Waals surface area contributed by atoms with Crippen molar-refractivity contribution in [2.24, 2.45) is 5.92 Å². The summed E-state index contributed by atoms with van der Waals surface area (Å²) in [7, 11) is 0. The van der Waals surface area contributed by atoms with Gasteiger partial charge in [0.1, 0.15) is 17.1 Å². The van der Waals surface area contributed by atoms with E-state index in [1.165, 1.54) is 6.07 Å². The maximum atomic E-state index is 11.6. The lowest BCUT2D eigenvalue weighted by atomic mass is 10.2. The minimum Gasteiger partial charge on any atom is -0.478 e. The summed E-state index contributed by atoms with van der Waals surface area (Å²) in [6.45, 7) is 4.41. The summed E-state index contributed by atoms with van der Waals surface area (Å²) in [6, 6.07) is 1.14. The standard InChI is InChI=1S/C13H20N2O4S/c1-8(7-20-3)5-14-13(18)15-6-10-4-11(12(16)17)9(2)19-10/h4,8H,5-7H2,1-3H3,(H,16,17)(H2,14,15,18). The SMILES string of the molecule is CSCC(C)CNC(=O)NCc1cc(C(=O)O)c(C)o1. The average molecular weight is 300 g/mol. The van der Waals surface area contributed by atoms with E-state index < -0.39 is 5.97 Å². The van der Waals surface area contributed by atoms with Gasteiger partial charge in [0.2, 0.25) is 0 Å². The van der Waals surface area contributed by atoms with Gasteiger partial charge in [0, 0.05) is 6.54 Å². The molecule has 0 aliphatic heterocycles. The fourth-order valence-corrected chi connectivity index (χ4v) is 2.37. The van der Waals surface area contributed by atoms with Crippen molar-refractivity contribution in [1.29, 1.82) is 0 Å². The third-order valence-electron chi connectivity index (χ3n) is 2.68. The van der Waals surface area contributed by atoms with Gasteiger partial charge >= 0.3 is 12.0 Å². The van der Waals surface area contributed by atoms with Crippen LogP contribution in [-0.2, 0) is 6.54 Å². The van der Waals surface area contributed by atoms with E-state index in [2.05, 4.69) is 17.6 Å². The van der Waals surface area contributed by atoms with E-state index in [1.54, 1.807) is 18.7 Å². The second-order valence-corrected chi connectivity index (χ2v) is 5.52. The number of thioether (sulfide) groups is 1. The Kier molecular flexibility index (Phi) is 6.44. The Balaban J connectivity index is 2.37. The van der Waals surface area contributed by atoms with Gasteiger partial charge < -0.3 is 20.2 Å². The number of aryl methyl sites for hydroxylation is 1. The zero-order valence-electron chi connectivity index (χ0n) is 11.9. The molecule has 3 N–H and O–H groups in total. The summed E-state index contributed by atoms with van der Waals surface area (Å²) in [5.41, 5.74) is 0.121. The predicted octanol–water partition coefficient (Wildman–Crippen LogP) is 2.08. The number of carbonyl (C=O) groups excluding carboxylic acids is 1. The highest BCUT2D eigenvalue weighted by atomic mass is 32.2. The average Bonchev–Trinajstić information content (AvgIpc) is 2.76. The molecule has 0 aromatic carbocycles. The quantitative estimate of drug-likeness (QED) is 0.717. The molecule has 112 valence electrons. The Morgan fingerprint density at radius 1 is 1.45 bits per heavy atom. The van der Waals surface area contributed by atoms with Crippen molar-refractivity contribution in [2.75, 3.05) is 18.6 Å². The van der Waals surface area contributed by atoms with Crippen LogP contribution in [0, 0.1) is 12.8 Å². The minimum absolute atomic E-state index is 0.121. The number of rotatable bonds is 7. The van der Waals surface area contributed by atoms with Crippen molar-refractivity contribution >= 4 is 23.8 Å². The van der Waals surface area contributed by atoms with E-state index in [9.17, 15) is 9.59 Å². The normalized spacial score (nSPS) is 11.9. The second-order valence-electron chi connectivity index (χ2n) is 4.61. The number of urea groups is 1. The van der Waals surface area contributed by atoms with E-state index in [1.807, 2.05) is 6.26 Å². The molecule has 1 rings (SSSR count). The van der Waals surface area contributed by atoms with Gasteiger partial charge in [-0.25, -0.2) is 9.59 Å². The number of carboxylic acids is 1. The van der Waals surface area contributed by atoms with Crippen LogP contribution in [0.15, 0.2) is 10.5 Å². The summed E-state index contributed by atoms with van der Waals surface area (Å²) < 4.78 is 5.26. The van der Waals surface area contributed by atoms with Gasteiger partial charge in [-0.1, -0.05) is 6.92 Å². The number of furan rings is 1. The first-order chi connectivity index (χ1) is 9.43. The van der Waals surface area contributed by atoms with Crippen LogP contribution in [0.1, 0.15) is 28.8 Å². The molecule has 0 radical (unpaired) electrons. The van der Waals surface area contributed by atoms with E-state index in [0.717, 1.165) is 5.75 Å². The zero-order valence-corrected chi connectivity index (χ0v) is 12.7. The molecular weight excluding hydrogens is 280 g/mol. The Hall–Kier alpha value is -1.63. The van der Waals surface area contributed by atoms with Gasteiger partial charge in [0.05, 0.1) is 6.54 Å². The molecule has 20 heavy (non-hydrogen) atoms. The van der Waals surface area contributed by atoms with Crippen LogP contribution < -0.4 is 10.6 Å². The highest BCUT2D eigenvalue weighted by Gasteiger charge is 2.14. The molecule has 0 aliphatic carbocycles. The number of hydrogen-bond donors (Lipinski definition) is 3. The van der Waals surface area contributed by atoms with E-state index >= 15 is 0 Å². The van der Waals surface area contributed by atoms with Crippen molar-refractivity contribution in [3.63, 3.8) is 0 Å². The van der Waals surface area contributed by atoms with Crippen LogP contribution in [0.4, 0.5) is 4.79 Å². The summed E-state index contributed by atoms with van der Waals surface area (Å²) in [6.07, 6.45) is 2.02. The molecule has 0 aliphatic rings. The topological polar surface area (TPSA) is 91.6 Å². The van der Waals surface area contributed by atoms with Crippen LogP contribution >= 0.6 is 11.8 Å². The van der Waals surface area contributed by atoms with Gasteiger partial charge in [-0.3, -0.25) is 0 Å². The smallest absolute Gasteiger partial charge is 0.339 e. The maximum Gasteiger partial charge on any atom is 0.339 e. The van der Waals surface area contributed by atoms with Crippen molar-refractivity contribution < 1.29 is 19.1 Å². The Morgan fingerprint density at radius 3 is 2.70 bits per heavy atom. The summed E-state index contributed by atoms with van der Waals surface area (Å²) in [5, 5.41) is 14.3. The number of nitrogens with one attached hydrogen (secondary N) is 2. The molecule has 2 amide bonds. The van der Waals surface area contributed by atoms with Gasteiger partial charge in [-0.2, -0.15) is 11.8 Å². The Morgan fingerprint density at radius 2 is 2.15 bits per heavy atom. The highest BCUT2D eigenvalue weighted by Crippen LogP contribution is 2.14. The van der Waals surface area contributed by atoms with Gasteiger partial charge in [0.25, 0.3) is 0 Å². The van der Waals surface area contributed by atoms with Gasteiger partial charge in [-0.05, 0) is 30.9 Å². The number of carbonyl (C=O) groups is 2. The fraction of sp³-hybridized carbons (Fsp3) is 0.538. The maximum absolute atomic E-state index is 11.6. The highest BCUT2D eigenvalue weighted by molar-refractivity contribution is 7.98. The first-order valence-corrected chi connectivity index (χ1v) is 7.66. The molecule has 1 aromatic rings. The third kappa shape index (κ3) is 5.16. The number of hydrogen-bond acceptors (Lipinski definition) is 4. The molecule has 0 bridgehead atoms. The number of carboxylic acid groups (broad SMARTS) is 1. The summed E-state index contributed by atoms with van der Waals surface area (Å²) in [4.78, 5) is 22.4. The van der Waals surface area contributed by atoms with Crippen LogP contribution in [0.25, 0.3) is 0 Å². The van der Waals surface area contributed by atoms with Crippen molar-refractivity contribution in [2.45, 2.75) is 20.4 Å². The summed E-state index contributed by atoms with van der Waals surface area (Å²) in [5.74, 6) is 1.11. The summed E-state index contributed by atoms with van der Waals surface area (Å²) >= 11 is 1.74. The van der Waals surface area contributed by atoms with Crippen molar-refractivity contribution in [3.05, 3.63) is 23.2 Å². The monoisotopic (exact) mass is 300 g/mol. The number of aromatic carboxylic acids is 1. The van der Waals surface area contributed by atoms with Gasteiger partial charge in [-0.15, -0.1) is 0 Å². The lowest BCUT2D eigenvalue weighted by Crippen LogP contribution is -2.37. The van der Waals surface area contributed by atoms with Crippen LogP contribution in [-0.4, -0.2) is 35.7 Å². The zero-order chi connectivity index (χ0) is 15.1. The van der Waals surface area contributed by atoms with Crippen molar-refractivity contribution in [3.8, 4) is 0 Å². The lowest BCUT2D eigenvalue weighted by Gasteiger charge is -2.11. The second kappa shape index (κ2) is 7.84. The minimum atomic E-state index is -1.03. The van der Waals surface area contributed by atoms with Crippen LogP contribution in [0.3, 0.4) is 0 Å².